The minimum atomic E-state index is -0.225. The summed E-state index contributed by atoms with van der Waals surface area (Å²) in [6.07, 6.45) is 1.62. The van der Waals surface area contributed by atoms with Gasteiger partial charge in [0, 0.05) is 22.7 Å². The Morgan fingerprint density at radius 2 is 2.00 bits per heavy atom. The fraction of sp³-hybridized carbons (Fsp3) is 0.300. The molecule has 0 fully saturated rings. The monoisotopic (exact) mass is 446 g/mol. The molecule has 3 rings (SSSR count). The molecule has 1 aromatic carbocycles. The molecule has 0 aliphatic rings. The van der Waals surface area contributed by atoms with Crippen molar-refractivity contribution in [1.82, 2.24) is 15.0 Å². The zero-order chi connectivity index (χ0) is 21.5. The maximum Gasteiger partial charge on any atom is 0.251 e. The summed E-state index contributed by atoms with van der Waals surface area (Å²) < 4.78 is 10.6. The fourth-order valence-corrected chi connectivity index (χ4v) is 4.11. The van der Waals surface area contributed by atoms with Crippen LogP contribution < -0.4 is 20.3 Å². The second-order valence-corrected chi connectivity index (χ2v) is 8.06. The SMILES string of the molecule is CCCc1cc(=O)[nH]c(SCC(=O)Nc2nc(-c3ccc(OC)c(OC)c3)cs2)n1. The number of H-pyrrole nitrogens is 1. The van der Waals surface area contributed by atoms with E-state index >= 15 is 0 Å². The molecule has 0 spiro atoms. The van der Waals surface area contributed by atoms with E-state index in [0.717, 1.165) is 29.8 Å². The van der Waals surface area contributed by atoms with Crippen molar-refractivity contribution in [1.29, 1.82) is 0 Å². The van der Waals surface area contributed by atoms with Crippen LogP contribution in [0, 0.1) is 0 Å². The van der Waals surface area contributed by atoms with Crippen molar-refractivity contribution in [2.24, 2.45) is 0 Å². The molecule has 8 nitrogen and oxygen atoms in total. The van der Waals surface area contributed by atoms with Gasteiger partial charge in [0.05, 0.1) is 25.7 Å². The first-order chi connectivity index (χ1) is 14.5. The molecule has 1 amide bonds. The average Bonchev–Trinajstić information content (AvgIpc) is 3.20. The number of rotatable bonds is 9. The molecule has 0 radical (unpaired) electrons. The highest BCUT2D eigenvalue weighted by molar-refractivity contribution is 7.99. The molecule has 0 bridgehead atoms. The highest BCUT2D eigenvalue weighted by atomic mass is 32.2. The number of aryl methyl sites for hydroxylation is 1. The number of carbonyl (C=O) groups excluding carboxylic acids is 1. The second-order valence-electron chi connectivity index (χ2n) is 6.24. The summed E-state index contributed by atoms with van der Waals surface area (Å²) in [4.78, 5) is 35.5. The Hall–Kier alpha value is -2.85. The maximum absolute atomic E-state index is 12.3. The number of ether oxygens (including phenoxy) is 2. The number of anilines is 1. The van der Waals surface area contributed by atoms with Gasteiger partial charge in [-0.3, -0.25) is 9.59 Å². The number of aromatic amines is 1. The van der Waals surface area contributed by atoms with Gasteiger partial charge in [-0.25, -0.2) is 9.97 Å². The third kappa shape index (κ3) is 5.61. The van der Waals surface area contributed by atoms with Crippen LogP contribution in [0.2, 0.25) is 0 Å². The predicted octanol–water partition coefficient (Wildman–Crippen LogP) is 3.59. The van der Waals surface area contributed by atoms with Gasteiger partial charge in [-0.15, -0.1) is 11.3 Å². The summed E-state index contributed by atoms with van der Waals surface area (Å²) in [6.45, 7) is 2.02. The lowest BCUT2D eigenvalue weighted by Crippen LogP contribution is -2.15. The van der Waals surface area contributed by atoms with Crippen molar-refractivity contribution < 1.29 is 14.3 Å². The average molecular weight is 447 g/mol. The Kier molecular flexibility index (Phi) is 7.47. The van der Waals surface area contributed by atoms with Crippen molar-refractivity contribution in [3.05, 3.63) is 45.7 Å². The van der Waals surface area contributed by atoms with E-state index in [1.54, 1.807) is 14.2 Å². The van der Waals surface area contributed by atoms with Crippen molar-refractivity contribution in [2.45, 2.75) is 24.9 Å². The number of methoxy groups -OCH3 is 2. The number of aromatic nitrogens is 3. The van der Waals surface area contributed by atoms with Gasteiger partial charge in [-0.1, -0.05) is 25.1 Å². The molecule has 0 aliphatic carbocycles. The Balaban J connectivity index is 1.62. The molecular formula is C20H22N4O4S2. The van der Waals surface area contributed by atoms with E-state index in [9.17, 15) is 9.59 Å². The minimum absolute atomic E-state index is 0.115. The van der Waals surface area contributed by atoms with Crippen LogP contribution in [-0.2, 0) is 11.2 Å². The van der Waals surface area contributed by atoms with E-state index < -0.39 is 0 Å². The Morgan fingerprint density at radius 1 is 1.20 bits per heavy atom. The van der Waals surface area contributed by atoms with E-state index in [-0.39, 0.29) is 17.2 Å². The Morgan fingerprint density at radius 3 is 2.73 bits per heavy atom. The first-order valence-corrected chi connectivity index (χ1v) is 11.1. The van der Waals surface area contributed by atoms with Gasteiger partial charge in [0.2, 0.25) is 5.91 Å². The quantitative estimate of drug-likeness (QED) is 0.382. The Labute approximate surface area is 182 Å². The molecule has 2 heterocycles. The zero-order valence-corrected chi connectivity index (χ0v) is 18.5. The van der Waals surface area contributed by atoms with Gasteiger partial charge in [0.25, 0.3) is 5.56 Å². The normalized spacial score (nSPS) is 10.6. The summed E-state index contributed by atoms with van der Waals surface area (Å²) in [6, 6.07) is 7.01. The molecule has 158 valence electrons. The van der Waals surface area contributed by atoms with Crippen LogP contribution in [0.15, 0.2) is 39.6 Å². The molecule has 0 saturated heterocycles. The van der Waals surface area contributed by atoms with E-state index in [0.29, 0.717) is 21.8 Å². The number of nitrogens with zero attached hydrogens (tertiary/aromatic N) is 2. The number of thiazole rings is 1. The molecule has 0 saturated carbocycles. The van der Waals surface area contributed by atoms with Gasteiger partial charge >= 0.3 is 0 Å². The number of hydrogen-bond acceptors (Lipinski definition) is 8. The number of amides is 1. The summed E-state index contributed by atoms with van der Waals surface area (Å²) in [5, 5.41) is 5.57. The predicted molar refractivity (Wildman–Crippen MR) is 119 cm³/mol. The van der Waals surface area contributed by atoms with E-state index in [4.69, 9.17) is 9.47 Å². The summed E-state index contributed by atoms with van der Waals surface area (Å²) in [5.41, 5.74) is 2.09. The third-order valence-electron chi connectivity index (χ3n) is 4.05. The molecule has 3 aromatic rings. The number of carbonyl (C=O) groups is 1. The zero-order valence-electron chi connectivity index (χ0n) is 16.9. The summed E-state index contributed by atoms with van der Waals surface area (Å²) in [5.74, 6) is 1.13. The van der Waals surface area contributed by atoms with Gasteiger partial charge in [-0.2, -0.15) is 0 Å². The van der Waals surface area contributed by atoms with Crippen molar-refractivity contribution in [3.8, 4) is 22.8 Å². The fourth-order valence-electron chi connectivity index (χ4n) is 2.68. The molecule has 0 aliphatic heterocycles. The number of thioether (sulfide) groups is 1. The van der Waals surface area contributed by atoms with Crippen LogP contribution in [0.1, 0.15) is 19.0 Å². The van der Waals surface area contributed by atoms with Gasteiger partial charge in [-0.05, 0) is 24.6 Å². The van der Waals surface area contributed by atoms with Crippen LogP contribution >= 0.6 is 23.1 Å². The van der Waals surface area contributed by atoms with Crippen molar-refractivity contribution in [2.75, 3.05) is 25.3 Å². The summed E-state index contributed by atoms with van der Waals surface area (Å²) in [7, 11) is 3.16. The lowest BCUT2D eigenvalue weighted by Gasteiger charge is -2.08. The van der Waals surface area contributed by atoms with E-state index in [1.165, 1.54) is 29.2 Å². The van der Waals surface area contributed by atoms with Crippen LogP contribution in [0.25, 0.3) is 11.3 Å². The summed E-state index contributed by atoms with van der Waals surface area (Å²) >= 11 is 2.51. The van der Waals surface area contributed by atoms with Crippen molar-refractivity contribution in [3.63, 3.8) is 0 Å². The largest absolute Gasteiger partial charge is 0.493 e. The van der Waals surface area contributed by atoms with Crippen molar-refractivity contribution >= 4 is 34.1 Å². The first kappa shape index (κ1) is 21.8. The molecule has 2 N–H and O–H groups in total. The lowest BCUT2D eigenvalue weighted by molar-refractivity contribution is -0.113. The Bertz CT molecular complexity index is 1080. The lowest BCUT2D eigenvalue weighted by atomic mass is 10.1. The van der Waals surface area contributed by atoms with Crippen LogP contribution in [0.4, 0.5) is 5.13 Å². The van der Waals surface area contributed by atoms with Gasteiger partial charge in [0.1, 0.15) is 0 Å². The van der Waals surface area contributed by atoms with E-state index in [1.807, 2.05) is 30.5 Å². The number of benzene rings is 1. The van der Waals surface area contributed by atoms with Crippen LogP contribution in [0.5, 0.6) is 11.5 Å². The third-order valence-corrected chi connectivity index (χ3v) is 5.68. The smallest absolute Gasteiger partial charge is 0.251 e. The highest BCUT2D eigenvalue weighted by Crippen LogP contribution is 2.33. The van der Waals surface area contributed by atoms with Gasteiger partial charge in [0.15, 0.2) is 21.8 Å². The van der Waals surface area contributed by atoms with Crippen LogP contribution in [0.3, 0.4) is 0 Å². The van der Waals surface area contributed by atoms with E-state index in [2.05, 4.69) is 20.3 Å². The number of hydrogen-bond donors (Lipinski definition) is 2. The molecule has 0 atom stereocenters. The molecule has 30 heavy (non-hydrogen) atoms. The maximum atomic E-state index is 12.3. The second kappa shape index (κ2) is 10.3. The topological polar surface area (TPSA) is 106 Å². The standard InChI is InChI=1S/C20H22N4O4S2/c1-4-5-13-9-17(25)23-19(21-13)30-11-18(26)24-20-22-14(10-29-20)12-6-7-15(27-2)16(8-12)28-3/h6-10H,4-5,11H2,1-3H3,(H,21,23,25)(H,22,24,26). The molecule has 2 aromatic heterocycles. The molecule has 0 unspecified atom stereocenters. The van der Waals surface area contributed by atoms with Crippen LogP contribution in [-0.4, -0.2) is 40.8 Å². The minimum Gasteiger partial charge on any atom is -0.493 e. The number of nitrogens with one attached hydrogen (secondary N) is 2. The highest BCUT2D eigenvalue weighted by Gasteiger charge is 2.12. The first-order valence-electron chi connectivity index (χ1n) is 9.23. The molecule has 10 heteroatoms. The van der Waals surface area contributed by atoms with Gasteiger partial charge < -0.3 is 19.8 Å². The molecular weight excluding hydrogens is 424 g/mol.